The number of carbonyl (C=O) groups excluding carboxylic acids is 4. The third-order valence-corrected chi connectivity index (χ3v) is 5.90. The number of ether oxygens (including phenoxy) is 3. The predicted molar refractivity (Wildman–Crippen MR) is 133 cm³/mol. The number of alkyl carbamates (subject to hydrolysis) is 1. The predicted octanol–water partition coefficient (Wildman–Crippen LogP) is 2.59. The minimum Gasteiger partial charge on any atom is -0.497 e. The first kappa shape index (κ1) is 28.7. The second-order valence-corrected chi connectivity index (χ2v) is 9.22. The molecule has 1 heterocycles. The number of hydrogen-bond acceptors (Lipinski definition) is 7. The number of methoxy groups -OCH3 is 1. The van der Waals surface area contributed by atoms with Crippen molar-refractivity contribution in [2.75, 3.05) is 26.9 Å². The highest BCUT2D eigenvalue weighted by molar-refractivity contribution is 5.93. The van der Waals surface area contributed by atoms with E-state index in [1.54, 1.807) is 33.1 Å². The third-order valence-electron chi connectivity index (χ3n) is 5.90. The fraction of sp³-hybridized carbons (Fsp3) is 0.538. The van der Waals surface area contributed by atoms with E-state index in [-0.39, 0.29) is 31.6 Å². The van der Waals surface area contributed by atoms with Crippen molar-refractivity contribution in [3.63, 3.8) is 0 Å². The summed E-state index contributed by atoms with van der Waals surface area (Å²) in [5.74, 6) is -1.52. The zero-order chi connectivity index (χ0) is 26.8. The van der Waals surface area contributed by atoms with Crippen LogP contribution in [0.5, 0.6) is 5.75 Å². The van der Waals surface area contributed by atoms with Gasteiger partial charge in [0.25, 0.3) is 0 Å². The topological polar surface area (TPSA) is 123 Å². The van der Waals surface area contributed by atoms with E-state index in [0.29, 0.717) is 5.75 Å². The lowest BCUT2D eigenvalue weighted by atomic mass is 9.93. The first-order valence-corrected chi connectivity index (χ1v) is 12.0. The SMILES string of the molecule is COc1ccc([C@@H](C)N2C(=O)[C@H](C(C)C)NC(=O)OC/C=C/COC(=O)CNC(=O)[C@@H]2C(C)C)cc1. The van der Waals surface area contributed by atoms with Gasteiger partial charge in [-0.1, -0.05) is 39.8 Å². The number of amides is 3. The quantitative estimate of drug-likeness (QED) is 0.468. The molecule has 0 aliphatic carbocycles. The molecule has 0 unspecified atom stereocenters. The van der Waals surface area contributed by atoms with Crippen molar-refractivity contribution in [2.24, 2.45) is 11.8 Å². The molecule has 1 aromatic carbocycles. The summed E-state index contributed by atoms with van der Waals surface area (Å²) < 4.78 is 15.5. The molecule has 0 spiro atoms. The van der Waals surface area contributed by atoms with Crippen LogP contribution >= 0.6 is 0 Å². The Morgan fingerprint density at radius 2 is 1.53 bits per heavy atom. The van der Waals surface area contributed by atoms with Crippen molar-refractivity contribution in [1.82, 2.24) is 15.5 Å². The lowest BCUT2D eigenvalue weighted by Crippen LogP contribution is -2.59. The van der Waals surface area contributed by atoms with Crippen molar-refractivity contribution in [1.29, 1.82) is 0 Å². The maximum absolute atomic E-state index is 14.0. The van der Waals surface area contributed by atoms with Crippen LogP contribution in [0.25, 0.3) is 0 Å². The molecular formula is C26H37N3O7. The largest absolute Gasteiger partial charge is 0.497 e. The molecule has 0 radical (unpaired) electrons. The van der Waals surface area contributed by atoms with Crippen LogP contribution in [0.15, 0.2) is 36.4 Å². The van der Waals surface area contributed by atoms with Gasteiger partial charge in [-0.15, -0.1) is 0 Å². The summed E-state index contributed by atoms with van der Waals surface area (Å²) in [7, 11) is 1.56. The molecule has 0 aromatic heterocycles. The Morgan fingerprint density at radius 3 is 2.08 bits per heavy atom. The number of nitrogens with one attached hydrogen (secondary N) is 2. The molecule has 2 rings (SSSR count). The van der Waals surface area contributed by atoms with Crippen molar-refractivity contribution in [2.45, 2.75) is 52.7 Å². The summed E-state index contributed by atoms with van der Waals surface area (Å²) in [6, 6.07) is 4.76. The van der Waals surface area contributed by atoms with Gasteiger partial charge in [-0.05, 0) is 48.6 Å². The highest BCUT2D eigenvalue weighted by atomic mass is 16.5. The molecule has 10 heteroatoms. The van der Waals surface area contributed by atoms with E-state index in [1.165, 1.54) is 17.1 Å². The zero-order valence-electron chi connectivity index (χ0n) is 21.8. The van der Waals surface area contributed by atoms with Gasteiger partial charge in [0.15, 0.2) is 0 Å². The van der Waals surface area contributed by atoms with Gasteiger partial charge < -0.3 is 29.7 Å². The second-order valence-electron chi connectivity index (χ2n) is 9.22. The van der Waals surface area contributed by atoms with E-state index in [2.05, 4.69) is 10.6 Å². The van der Waals surface area contributed by atoms with Crippen molar-refractivity contribution in [3.05, 3.63) is 42.0 Å². The van der Waals surface area contributed by atoms with Gasteiger partial charge in [0.05, 0.1) is 13.2 Å². The number of hydrogen-bond donors (Lipinski definition) is 2. The Kier molecular flexibility index (Phi) is 10.8. The Morgan fingerprint density at radius 1 is 0.917 bits per heavy atom. The maximum atomic E-state index is 14.0. The van der Waals surface area contributed by atoms with E-state index >= 15 is 0 Å². The van der Waals surface area contributed by atoms with Crippen LogP contribution in [0, 0.1) is 11.8 Å². The molecule has 3 amide bonds. The summed E-state index contributed by atoms with van der Waals surface area (Å²) in [6.45, 7) is 8.64. The van der Waals surface area contributed by atoms with E-state index in [9.17, 15) is 19.2 Å². The Hall–Kier alpha value is -3.56. The number of nitrogens with zero attached hydrogens (tertiary/aromatic N) is 1. The smallest absolute Gasteiger partial charge is 0.408 e. The van der Waals surface area contributed by atoms with Crippen LogP contribution in [0.4, 0.5) is 4.79 Å². The van der Waals surface area contributed by atoms with E-state index in [1.807, 2.05) is 32.9 Å². The minimum atomic E-state index is -0.950. The molecule has 1 aliphatic heterocycles. The number of rotatable bonds is 5. The summed E-state index contributed by atoms with van der Waals surface area (Å²) in [6.07, 6.45) is 2.29. The molecular weight excluding hydrogens is 466 g/mol. The zero-order valence-corrected chi connectivity index (χ0v) is 21.8. The molecule has 1 aromatic rings. The van der Waals surface area contributed by atoms with E-state index in [4.69, 9.17) is 14.2 Å². The molecule has 0 fully saturated rings. The van der Waals surface area contributed by atoms with E-state index in [0.717, 1.165) is 5.56 Å². The number of esters is 1. The van der Waals surface area contributed by atoms with Crippen LogP contribution in [0.1, 0.15) is 46.2 Å². The average molecular weight is 504 g/mol. The van der Waals surface area contributed by atoms with Crippen LogP contribution in [0.2, 0.25) is 0 Å². The summed E-state index contributed by atoms with van der Waals surface area (Å²) in [5, 5.41) is 5.27. The summed E-state index contributed by atoms with van der Waals surface area (Å²) in [5.41, 5.74) is 0.770. The minimum absolute atomic E-state index is 0.0268. The van der Waals surface area contributed by atoms with Crippen LogP contribution in [0.3, 0.4) is 0 Å². The van der Waals surface area contributed by atoms with Gasteiger partial charge >= 0.3 is 12.1 Å². The van der Waals surface area contributed by atoms with Crippen molar-refractivity contribution < 1.29 is 33.4 Å². The van der Waals surface area contributed by atoms with Gasteiger partial charge in [0.2, 0.25) is 11.8 Å². The van der Waals surface area contributed by atoms with Crippen molar-refractivity contribution in [3.8, 4) is 5.75 Å². The third kappa shape index (κ3) is 7.73. The Bertz CT molecular complexity index is 943. The standard InChI is InChI=1S/C26H37N3O7/c1-16(2)22-25(32)29(18(5)19-9-11-20(34-6)12-10-19)23(17(3)4)24(31)27-15-21(30)35-13-7-8-14-36-26(33)28-22/h7-12,16-18,22-23H,13-15H2,1-6H3,(H,27,31)(H,28,33)/b8-7+/t18-,22+,23+/m1/s1. The molecule has 36 heavy (non-hydrogen) atoms. The van der Waals surface area contributed by atoms with Crippen molar-refractivity contribution >= 4 is 23.9 Å². The van der Waals surface area contributed by atoms with E-state index < -0.39 is 42.0 Å². The summed E-state index contributed by atoms with van der Waals surface area (Å²) >= 11 is 0. The molecule has 0 saturated heterocycles. The van der Waals surface area contributed by atoms with Crippen LogP contribution in [-0.4, -0.2) is 67.7 Å². The van der Waals surface area contributed by atoms with Gasteiger partial charge in [-0.25, -0.2) is 4.79 Å². The molecule has 10 nitrogen and oxygen atoms in total. The maximum Gasteiger partial charge on any atom is 0.408 e. The first-order chi connectivity index (χ1) is 17.1. The molecule has 0 saturated carbocycles. The van der Waals surface area contributed by atoms with Gasteiger partial charge in [-0.3, -0.25) is 14.4 Å². The van der Waals surface area contributed by atoms with Gasteiger partial charge in [-0.2, -0.15) is 0 Å². The molecule has 2 N–H and O–H groups in total. The Balaban J connectivity index is 2.55. The number of carbonyl (C=O) groups is 4. The fourth-order valence-corrected chi connectivity index (χ4v) is 3.92. The normalized spacial score (nSPS) is 22.4. The highest BCUT2D eigenvalue weighted by Crippen LogP contribution is 2.29. The molecule has 198 valence electrons. The van der Waals surface area contributed by atoms with Crippen LogP contribution < -0.4 is 15.4 Å². The van der Waals surface area contributed by atoms with Crippen LogP contribution in [-0.2, 0) is 23.9 Å². The summed E-state index contributed by atoms with van der Waals surface area (Å²) in [4.78, 5) is 53.4. The molecule has 3 atom stereocenters. The Labute approximate surface area is 212 Å². The monoisotopic (exact) mass is 503 g/mol. The molecule has 0 bridgehead atoms. The van der Waals surface area contributed by atoms with Gasteiger partial charge in [0, 0.05) is 0 Å². The average Bonchev–Trinajstić information content (AvgIpc) is 2.84. The number of benzene rings is 1. The fourth-order valence-electron chi connectivity index (χ4n) is 3.92. The lowest BCUT2D eigenvalue weighted by molar-refractivity contribution is -0.148. The highest BCUT2D eigenvalue weighted by Gasteiger charge is 2.40. The molecule has 1 aliphatic rings. The lowest BCUT2D eigenvalue weighted by Gasteiger charge is -2.40. The first-order valence-electron chi connectivity index (χ1n) is 12.0. The second kappa shape index (κ2) is 13.5. The van der Waals surface area contributed by atoms with Gasteiger partial charge in [0.1, 0.15) is 37.6 Å². The number of cyclic esters (lactones) is 2.